The summed E-state index contributed by atoms with van der Waals surface area (Å²) < 4.78 is 38.6. The highest BCUT2D eigenvalue weighted by atomic mass is 32.1. The first-order chi connectivity index (χ1) is 9.79. The van der Waals surface area contributed by atoms with E-state index in [1.807, 2.05) is 0 Å². The molecule has 0 saturated heterocycles. The third-order valence-corrected chi connectivity index (χ3v) is 4.07. The number of nitrogen functional groups attached to an aromatic ring is 1. The van der Waals surface area contributed by atoms with Crippen molar-refractivity contribution >= 4 is 27.8 Å². The number of hydrogen-bond acceptors (Lipinski definition) is 4. The van der Waals surface area contributed by atoms with Gasteiger partial charge in [-0.2, -0.15) is 13.2 Å². The fraction of sp³-hybridized carbons (Fsp3) is 0.214. The average Bonchev–Trinajstić information content (AvgIpc) is 2.77. The van der Waals surface area contributed by atoms with E-state index >= 15 is 0 Å². The summed E-state index contributed by atoms with van der Waals surface area (Å²) in [5.74, 6) is -0.166. The van der Waals surface area contributed by atoms with Crippen LogP contribution in [0, 0.1) is 0 Å². The third-order valence-electron chi connectivity index (χ3n) is 2.86. The Kier molecular flexibility index (Phi) is 4.22. The van der Waals surface area contributed by atoms with Crippen LogP contribution in [0.3, 0.4) is 0 Å². The molecule has 3 N–H and O–H groups in total. The van der Waals surface area contributed by atoms with Crippen LogP contribution in [-0.2, 0) is 12.7 Å². The van der Waals surface area contributed by atoms with E-state index < -0.39 is 11.7 Å². The molecule has 0 amide bonds. The highest BCUT2D eigenvalue weighted by Crippen LogP contribution is 2.33. The highest BCUT2D eigenvalue weighted by molar-refractivity contribution is 7.18. The van der Waals surface area contributed by atoms with Gasteiger partial charge in [-0.1, -0.05) is 18.2 Å². The Hall–Kier alpha value is -2.02. The molecule has 2 rings (SSSR count). The Labute approximate surface area is 123 Å². The van der Waals surface area contributed by atoms with E-state index in [1.54, 1.807) is 12.1 Å². The quantitative estimate of drug-likeness (QED) is 0.833. The maximum absolute atomic E-state index is 12.9. The number of hydrogen-bond donors (Lipinski definition) is 2. The number of benzene rings is 1. The lowest BCUT2D eigenvalue weighted by atomic mass is 10.1. The molecule has 2 aromatic rings. The van der Waals surface area contributed by atoms with E-state index in [0.29, 0.717) is 15.6 Å². The minimum absolute atomic E-state index is 0.00693. The molecule has 3 nitrogen and oxygen atoms in total. The van der Waals surface area contributed by atoms with Crippen LogP contribution in [0.25, 0.3) is 0 Å². The van der Waals surface area contributed by atoms with Crippen LogP contribution >= 0.6 is 11.3 Å². The number of rotatable bonds is 4. The fourth-order valence-electron chi connectivity index (χ4n) is 1.90. The van der Waals surface area contributed by atoms with Gasteiger partial charge in [0.1, 0.15) is 0 Å². The minimum Gasteiger partial charge on any atom is -0.397 e. The van der Waals surface area contributed by atoms with Crippen molar-refractivity contribution in [2.24, 2.45) is 0 Å². The number of carbonyl (C=O) groups is 1. The predicted octanol–water partition coefficient (Wildman–Crippen LogP) is 4.16. The summed E-state index contributed by atoms with van der Waals surface area (Å²) >= 11 is 1.13. The van der Waals surface area contributed by atoms with Crippen molar-refractivity contribution in [1.82, 2.24) is 0 Å². The Morgan fingerprint density at radius 1 is 1.33 bits per heavy atom. The second kappa shape index (κ2) is 5.77. The van der Waals surface area contributed by atoms with Gasteiger partial charge in [0, 0.05) is 13.5 Å². The molecule has 0 saturated carbocycles. The van der Waals surface area contributed by atoms with E-state index in [1.165, 1.54) is 19.1 Å². The summed E-state index contributed by atoms with van der Waals surface area (Å²) in [5, 5.41) is 3.44. The topological polar surface area (TPSA) is 55.1 Å². The third kappa shape index (κ3) is 3.55. The first kappa shape index (κ1) is 15.4. The van der Waals surface area contributed by atoms with Crippen molar-refractivity contribution in [3.63, 3.8) is 0 Å². The summed E-state index contributed by atoms with van der Waals surface area (Å²) in [6.45, 7) is 1.40. The second-order valence-electron chi connectivity index (χ2n) is 4.46. The highest BCUT2D eigenvalue weighted by Gasteiger charge is 2.32. The summed E-state index contributed by atoms with van der Waals surface area (Å²) in [5.41, 5.74) is 5.48. The maximum atomic E-state index is 12.9. The van der Waals surface area contributed by atoms with Crippen molar-refractivity contribution < 1.29 is 18.0 Å². The van der Waals surface area contributed by atoms with Crippen LogP contribution in [0.15, 0.2) is 30.3 Å². The number of thiophene rings is 1. The van der Waals surface area contributed by atoms with Crippen LogP contribution in [-0.4, -0.2) is 5.78 Å². The zero-order valence-electron chi connectivity index (χ0n) is 11.1. The molecule has 0 aliphatic heterocycles. The number of nitrogens with two attached hydrogens (primary N) is 1. The van der Waals surface area contributed by atoms with Gasteiger partial charge in [0.2, 0.25) is 0 Å². The van der Waals surface area contributed by atoms with Crippen LogP contribution in [0.4, 0.5) is 23.9 Å². The monoisotopic (exact) mass is 314 g/mol. The van der Waals surface area contributed by atoms with Crippen LogP contribution in [0.5, 0.6) is 0 Å². The number of nitrogens with one attached hydrogen (secondary N) is 1. The number of halogens is 3. The normalized spacial score (nSPS) is 11.4. The largest absolute Gasteiger partial charge is 0.416 e. The molecule has 1 aromatic carbocycles. The van der Waals surface area contributed by atoms with Crippen LogP contribution in [0.2, 0.25) is 0 Å². The number of ketones is 1. The van der Waals surface area contributed by atoms with Gasteiger partial charge >= 0.3 is 6.18 Å². The van der Waals surface area contributed by atoms with Gasteiger partial charge in [0.25, 0.3) is 0 Å². The standard InChI is InChI=1S/C14H13F3N2OS/c1-8(20)13-11(18)6-12(21-13)19-7-9-4-2-3-5-10(9)14(15,16)17/h2-6,19H,7,18H2,1H3. The van der Waals surface area contributed by atoms with Gasteiger partial charge in [-0.3, -0.25) is 4.79 Å². The molecular weight excluding hydrogens is 301 g/mol. The molecule has 0 aliphatic rings. The molecule has 0 spiro atoms. The zero-order chi connectivity index (χ0) is 15.6. The molecule has 112 valence electrons. The maximum Gasteiger partial charge on any atom is 0.416 e. The van der Waals surface area contributed by atoms with Crippen LogP contribution in [0.1, 0.15) is 27.7 Å². The summed E-state index contributed by atoms with van der Waals surface area (Å²) in [7, 11) is 0. The lowest BCUT2D eigenvalue weighted by Crippen LogP contribution is -2.11. The van der Waals surface area contributed by atoms with Gasteiger partial charge in [-0.15, -0.1) is 11.3 Å². The van der Waals surface area contributed by atoms with Crippen molar-refractivity contribution in [2.75, 3.05) is 11.1 Å². The van der Waals surface area contributed by atoms with Gasteiger partial charge in [-0.25, -0.2) is 0 Å². The van der Waals surface area contributed by atoms with E-state index in [2.05, 4.69) is 5.32 Å². The Morgan fingerprint density at radius 2 is 2.00 bits per heavy atom. The fourth-order valence-corrected chi connectivity index (χ4v) is 2.77. The first-order valence-electron chi connectivity index (χ1n) is 6.08. The lowest BCUT2D eigenvalue weighted by molar-refractivity contribution is -0.138. The van der Waals surface area contributed by atoms with Gasteiger partial charge < -0.3 is 11.1 Å². The van der Waals surface area contributed by atoms with Crippen molar-refractivity contribution in [3.8, 4) is 0 Å². The zero-order valence-corrected chi connectivity index (χ0v) is 11.9. The average molecular weight is 314 g/mol. The Morgan fingerprint density at radius 3 is 2.57 bits per heavy atom. The summed E-state index contributed by atoms with van der Waals surface area (Å²) in [4.78, 5) is 11.7. The van der Waals surface area contributed by atoms with Crippen molar-refractivity contribution in [1.29, 1.82) is 0 Å². The Balaban J connectivity index is 2.18. The lowest BCUT2D eigenvalue weighted by Gasteiger charge is -2.13. The smallest absolute Gasteiger partial charge is 0.397 e. The predicted molar refractivity (Wildman–Crippen MR) is 77.5 cm³/mol. The molecule has 0 bridgehead atoms. The molecule has 0 fully saturated rings. The summed E-state index contributed by atoms with van der Waals surface area (Å²) in [6, 6.07) is 6.91. The number of anilines is 2. The first-order valence-corrected chi connectivity index (χ1v) is 6.90. The number of carbonyl (C=O) groups excluding carboxylic acids is 1. The van der Waals surface area contributed by atoms with E-state index in [9.17, 15) is 18.0 Å². The number of alkyl halides is 3. The van der Waals surface area contributed by atoms with Gasteiger partial charge in [-0.05, 0) is 17.7 Å². The van der Waals surface area contributed by atoms with Gasteiger partial charge in [0.15, 0.2) is 5.78 Å². The SMILES string of the molecule is CC(=O)c1sc(NCc2ccccc2C(F)(F)F)cc1N. The molecule has 0 aliphatic carbocycles. The molecule has 0 unspecified atom stereocenters. The van der Waals surface area contributed by atoms with E-state index in [0.717, 1.165) is 17.4 Å². The van der Waals surface area contributed by atoms with E-state index in [4.69, 9.17) is 5.73 Å². The minimum atomic E-state index is -4.39. The molecule has 0 radical (unpaired) electrons. The molecule has 1 aromatic heterocycles. The Bertz CT molecular complexity index is 664. The second-order valence-corrected chi connectivity index (χ2v) is 5.51. The molecule has 0 atom stereocenters. The molecule has 1 heterocycles. The molecule has 21 heavy (non-hydrogen) atoms. The molecular formula is C14H13F3N2OS. The van der Waals surface area contributed by atoms with Gasteiger partial charge in [0.05, 0.1) is 21.1 Å². The van der Waals surface area contributed by atoms with Crippen LogP contribution < -0.4 is 11.1 Å². The summed E-state index contributed by atoms with van der Waals surface area (Å²) in [6.07, 6.45) is -4.39. The molecule has 7 heteroatoms. The van der Waals surface area contributed by atoms with E-state index in [-0.39, 0.29) is 17.9 Å². The number of Topliss-reactive ketones (excluding diaryl/α,β-unsaturated/α-hetero) is 1. The van der Waals surface area contributed by atoms with Crippen molar-refractivity contribution in [3.05, 3.63) is 46.3 Å². The van der Waals surface area contributed by atoms with Crippen molar-refractivity contribution in [2.45, 2.75) is 19.6 Å².